The molecule has 0 saturated carbocycles. The van der Waals surface area contributed by atoms with Gasteiger partial charge < -0.3 is 5.32 Å². The van der Waals surface area contributed by atoms with E-state index >= 15 is 0 Å². The first kappa shape index (κ1) is 18.9. The fourth-order valence-electron chi connectivity index (χ4n) is 2.92. The van der Waals surface area contributed by atoms with Gasteiger partial charge in [-0.25, -0.2) is 9.50 Å². The van der Waals surface area contributed by atoms with Crippen molar-refractivity contribution in [2.45, 2.75) is 38.4 Å². The molecule has 1 unspecified atom stereocenters. The van der Waals surface area contributed by atoms with Crippen molar-refractivity contribution >= 4 is 23.4 Å². The lowest BCUT2D eigenvalue weighted by Crippen LogP contribution is -2.29. The van der Waals surface area contributed by atoms with Crippen LogP contribution in [0.25, 0.3) is 5.78 Å². The molecule has 8 heteroatoms. The van der Waals surface area contributed by atoms with Crippen molar-refractivity contribution in [3.8, 4) is 6.07 Å². The predicted octanol–water partition coefficient (Wildman–Crippen LogP) is 2.75. The summed E-state index contributed by atoms with van der Waals surface area (Å²) in [7, 11) is 0. The zero-order chi connectivity index (χ0) is 19.6. The molecule has 0 fully saturated rings. The molecule has 3 rings (SSSR count). The number of nitrogens with one attached hydrogen (secondary N) is 1. The number of aromatic nitrogens is 4. The Morgan fingerprint density at radius 1 is 1.30 bits per heavy atom. The van der Waals surface area contributed by atoms with Gasteiger partial charge in [-0.1, -0.05) is 23.9 Å². The van der Waals surface area contributed by atoms with Gasteiger partial charge in [0, 0.05) is 17.0 Å². The van der Waals surface area contributed by atoms with Crippen molar-refractivity contribution in [3.63, 3.8) is 0 Å². The number of aryl methyl sites for hydroxylation is 2. The van der Waals surface area contributed by atoms with Gasteiger partial charge in [-0.05, 0) is 44.7 Å². The van der Waals surface area contributed by atoms with E-state index in [1.807, 2.05) is 39.2 Å². The molecule has 0 spiro atoms. The number of nitriles is 1. The summed E-state index contributed by atoms with van der Waals surface area (Å²) in [5.74, 6) is 0.453. The van der Waals surface area contributed by atoms with Crippen molar-refractivity contribution < 1.29 is 4.79 Å². The molecule has 0 bridgehead atoms. The minimum Gasteiger partial charge on any atom is -0.349 e. The fourth-order valence-corrected chi connectivity index (χ4v) is 3.25. The highest BCUT2D eigenvalue weighted by Gasteiger charge is 2.17. The quantitative estimate of drug-likeness (QED) is 0.684. The monoisotopic (exact) mass is 380 g/mol. The molecule has 1 aromatic carbocycles. The topological polar surface area (TPSA) is 96.0 Å². The normalized spacial score (nSPS) is 12.0. The minimum atomic E-state index is -0.156. The van der Waals surface area contributed by atoms with E-state index in [9.17, 15) is 4.79 Å². The fraction of sp³-hybridized carbons (Fsp3) is 0.316. The third kappa shape index (κ3) is 3.93. The molecule has 27 heavy (non-hydrogen) atoms. The van der Waals surface area contributed by atoms with Crippen molar-refractivity contribution in [1.82, 2.24) is 24.9 Å². The standard InChI is InChI=1S/C19H20N6OS/c1-11(15-7-5-14(10-20)6-8-15)21-17(26)9-16-12(2)22-18-23-19(27-4)24-25(18)13(16)3/h5-8,11H,9H2,1-4H3,(H,21,26). The number of hydrogen-bond donors (Lipinski definition) is 1. The highest BCUT2D eigenvalue weighted by Crippen LogP contribution is 2.18. The summed E-state index contributed by atoms with van der Waals surface area (Å²) in [6, 6.07) is 9.14. The maximum atomic E-state index is 12.6. The Bertz CT molecular complexity index is 1040. The Balaban J connectivity index is 1.78. The maximum Gasteiger partial charge on any atom is 0.253 e. The summed E-state index contributed by atoms with van der Waals surface area (Å²) in [5.41, 5.74) is 4.04. The van der Waals surface area contributed by atoms with E-state index in [2.05, 4.69) is 26.5 Å². The van der Waals surface area contributed by atoms with E-state index < -0.39 is 0 Å². The second-order valence-corrected chi connectivity index (χ2v) is 7.04. The summed E-state index contributed by atoms with van der Waals surface area (Å²) in [4.78, 5) is 21.4. The number of carbonyl (C=O) groups is 1. The van der Waals surface area contributed by atoms with Crippen LogP contribution in [0.3, 0.4) is 0 Å². The van der Waals surface area contributed by atoms with Crippen molar-refractivity contribution in [3.05, 3.63) is 52.3 Å². The average molecular weight is 380 g/mol. The molecule has 2 aromatic heterocycles. The van der Waals surface area contributed by atoms with E-state index in [0.29, 0.717) is 16.5 Å². The van der Waals surface area contributed by atoms with Gasteiger partial charge in [0.1, 0.15) is 0 Å². The Kier molecular flexibility index (Phi) is 5.42. The van der Waals surface area contributed by atoms with Gasteiger partial charge in [0.05, 0.1) is 24.1 Å². The van der Waals surface area contributed by atoms with Crippen LogP contribution in [-0.2, 0) is 11.2 Å². The molecule has 0 aliphatic carbocycles. The molecule has 2 heterocycles. The van der Waals surface area contributed by atoms with Gasteiger partial charge in [-0.3, -0.25) is 4.79 Å². The Labute approximate surface area is 161 Å². The third-order valence-electron chi connectivity index (χ3n) is 4.47. The second-order valence-electron chi connectivity index (χ2n) is 6.27. The molecule has 138 valence electrons. The molecular formula is C19H20N6OS. The Morgan fingerprint density at radius 3 is 2.63 bits per heavy atom. The van der Waals surface area contributed by atoms with Gasteiger partial charge in [0.15, 0.2) is 0 Å². The van der Waals surface area contributed by atoms with Gasteiger partial charge in [0.2, 0.25) is 11.1 Å². The summed E-state index contributed by atoms with van der Waals surface area (Å²) < 4.78 is 1.69. The molecule has 0 aliphatic rings. The minimum absolute atomic E-state index is 0.0931. The summed E-state index contributed by atoms with van der Waals surface area (Å²) >= 11 is 1.46. The van der Waals surface area contributed by atoms with Crippen LogP contribution in [0.1, 0.15) is 41.0 Å². The molecule has 0 aliphatic heterocycles. The summed E-state index contributed by atoms with van der Waals surface area (Å²) in [5, 5.41) is 17.0. The zero-order valence-electron chi connectivity index (χ0n) is 15.6. The lowest BCUT2D eigenvalue weighted by Gasteiger charge is -2.16. The van der Waals surface area contributed by atoms with Crippen LogP contribution in [0.2, 0.25) is 0 Å². The zero-order valence-corrected chi connectivity index (χ0v) is 16.5. The molecular weight excluding hydrogens is 360 g/mol. The molecule has 0 saturated heterocycles. The molecule has 1 amide bonds. The molecule has 1 atom stereocenters. The smallest absolute Gasteiger partial charge is 0.253 e. The van der Waals surface area contributed by atoms with Gasteiger partial charge in [0.25, 0.3) is 5.78 Å². The van der Waals surface area contributed by atoms with Crippen molar-refractivity contribution in [2.75, 3.05) is 6.26 Å². The molecule has 1 N–H and O–H groups in total. The largest absolute Gasteiger partial charge is 0.349 e. The van der Waals surface area contributed by atoms with Crippen LogP contribution in [-0.4, -0.2) is 31.7 Å². The number of amides is 1. The maximum absolute atomic E-state index is 12.6. The van der Waals surface area contributed by atoms with E-state index in [-0.39, 0.29) is 18.4 Å². The van der Waals surface area contributed by atoms with E-state index in [1.54, 1.807) is 16.6 Å². The third-order valence-corrected chi connectivity index (χ3v) is 5.00. The van der Waals surface area contributed by atoms with Gasteiger partial charge in [-0.2, -0.15) is 10.2 Å². The number of rotatable bonds is 5. The highest BCUT2D eigenvalue weighted by atomic mass is 32.2. The number of fused-ring (bicyclic) bond motifs is 1. The Hall–Kier alpha value is -2.92. The van der Waals surface area contributed by atoms with Gasteiger partial charge in [-0.15, -0.1) is 5.10 Å². The van der Waals surface area contributed by atoms with Crippen molar-refractivity contribution in [1.29, 1.82) is 5.26 Å². The van der Waals surface area contributed by atoms with E-state index in [1.165, 1.54) is 11.8 Å². The summed E-state index contributed by atoms with van der Waals surface area (Å²) in [6.07, 6.45) is 2.13. The van der Waals surface area contributed by atoms with Crippen LogP contribution in [0, 0.1) is 25.2 Å². The Morgan fingerprint density at radius 2 is 2.00 bits per heavy atom. The van der Waals surface area contributed by atoms with Crippen LogP contribution in [0.4, 0.5) is 0 Å². The molecule has 3 aromatic rings. The lowest BCUT2D eigenvalue weighted by atomic mass is 10.0. The first-order chi connectivity index (χ1) is 12.9. The first-order valence-electron chi connectivity index (χ1n) is 8.49. The summed E-state index contributed by atoms with van der Waals surface area (Å²) in [6.45, 7) is 5.73. The molecule has 7 nitrogen and oxygen atoms in total. The number of benzene rings is 1. The second kappa shape index (κ2) is 7.76. The van der Waals surface area contributed by atoms with Crippen LogP contribution in [0.5, 0.6) is 0 Å². The average Bonchev–Trinajstić information content (AvgIpc) is 3.08. The lowest BCUT2D eigenvalue weighted by molar-refractivity contribution is -0.121. The van der Waals surface area contributed by atoms with E-state index in [4.69, 9.17) is 5.26 Å². The number of nitrogens with zero attached hydrogens (tertiary/aromatic N) is 5. The number of thioether (sulfide) groups is 1. The highest BCUT2D eigenvalue weighted by molar-refractivity contribution is 7.98. The van der Waals surface area contributed by atoms with E-state index in [0.717, 1.165) is 22.5 Å². The first-order valence-corrected chi connectivity index (χ1v) is 9.71. The van der Waals surface area contributed by atoms with Crippen LogP contribution in [0.15, 0.2) is 29.4 Å². The number of hydrogen-bond acceptors (Lipinski definition) is 6. The molecule has 0 radical (unpaired) electrons. The number of carbonyl (C=O) groups excluding carboxylic acids is 1. The van der Waals surface area contributed by atoms with Crippen LogP contribution < -0.4 is 5.32 Å². The van der Waals surface area contributed by atoms with Gasteiger partial charge >= 0.3 is 0 Å². The van der Waals surface area contributed by atoms with Crippen LogP contribution >= 0.6 is 11.8 Å². The SMILES string of the molecule is CSc1nc2nc(C)c(CC(=O)NC(C)c3ccc(C#N)cc3)c(C)n2n1. The predicted molar refractivity (Wildman–Crippen MR) is 103 cm³/mol. The van der Waals surface area contributed by atoms with Crippen molar-refractivity contribution in [2.24, 2.45) is 0 Å².